The smallest absolute Gasteiger partial charge is 0.262 e. The third-order valence-corrected chi connectivity index (χ3v) is 5.80. The van der Waals surface area contributed by atoms with Crippen molar-refractivity contribution in [2.45, 2.75) is 17.9 Å². The summed E-state index contributed by atoms with van der Waals surface area (Å²) in [6, 6.07) is 13.0. The van der Waals surface area contributed by atoms with Gasteiger partial charge in [-0.2, -0.15) is 0 Å². The molecule has 9 heteroatoms. The molecule has 7 nitrogen and oxygen atoms in total. The van der Waals surface area contributed by atoms with Crippen molar-refractivity contribution < 1.29 is 17.9 Å². The second-order valence-electron chi connectivity index (χ2n) is 6.44. The van der Waals surface area contributed by atoms with E-state index < -0.39 is 10.0 Å². The molecule has 1 heterocycles. The summed E-state index contributed by atoms with van der Waals surface area (Å²) < 4.78 is 32.9. The molecule has 1 aliphatic rings. The van der Waals surface area contributed by atoms with Crippen molar-refractivity contribution in [3.63, 3.8) is 0 Å². The lowest BCUT2D eigenvalue weighted by Gasteiger charge is -2.32. The van der Waals surface area contributed by atoms with Crippen LogP contribution in [0.15, 0.2) is 53.4 Å². The normalized spacial score (nSPS) is 16.8. The topological polar surface area (TPSA) is 87.7 Å². The first-order valence-corrected chi connectivity index (χ1v) is 10.2. The Kier molecular flexibility index (Phi) is 7.29. The summed E-state index contributed by atoms with van der Waals surface area (Å²) in [6.07, 6.45) is 0. The molecule has 1 fully saturated rings. The number of benzene rings is 2. The average Bonchev–Trinajstić information content (AvgIpc) is 2.67. The highest BCUT2D eigenvalue weighted by Crippen LogP contribution is 2.26. The van der Waals surface area contributed by atoms with E-state index in [1.165, 1.54) is 19.2 Å². The fraction of sp³-hybridized carbons (Fsp3) is 0.316. The number of sulfonamides is 1. The number of carbonyl (C=O) groups is 1. The zero-order chi connectivity index (χ0) is 19.4. The van der Waals surface area contributed by atoms with Crippen LogP contribution < -0.4 is 14.8 Å². The highest BCUT2D eigenvalue weighted by molar-refractivity contribution is 7.92. The van der Waals surface area contributed by atoms with Gasteiger partial charge in [0.25, 0.3) is 15.9 Å². The minimum atomic E-state index is -3.79. The molecule has 2 aromatic rings. The van der Waals surface area contributed by atoms with Crippen molar-refractivity contribution in [3.8, 4) is 5.75 Å². The average molecular weight is 426 g/mol. The van der Waals surface area contributed by atoms with Crippen LogP contribution in [0.5, 0.6) is 5.75 Å². The van der Waals surface area contributed by atoms with Crippen LogP contribution >= 0.6 is 12.4 Å². The van der Waals surface area contributed by atoms with E-state index in [0.717, 1.165) is 6.54 Å². The molecule has 1 amide bonds. The number of piperazine rings is 1. The molecular weight excluding hydrogens is 402 g/mol. The maximum absolute atomic E-state index is 12.6. The number of rotatable bonds is 5. The first kappa shape index (κ1) is 22.0. The number of nitrogens with one attached hydrogen (secondary N) is 2. The summed E-state index contributed by atoms with van der Waals surface area (Å²) in [6.45, 7) is 4.05. The van der Waals surface area contributed by atoms with Gasteiger partial charge in [0.15, 0.2) is 0 Å². The zero-order valence-corrected chi connectivity index (χ0v) is 17.3. The molecule has 3 rings (SSSR count). The Hall–Kier alpha value is -2.29. The number of ether oxygens (including phenoxy) is 1. The number of carbonyl (C=O) groups excluding carboxylic acids is 1. The van der Waals surface area contributed by atoms with Crippen molar-refractivity contribution in [2.75, 3.05) is 31.5 Å². The molecule has 1 saturated heterocycles. The van der Waals surface area contributed by atoms with E-state index >= 15 is 0 Å². The number of methoxy groups -OCH3 is 1. The van der Waals surface area contributed by atoms with Gasteiger partial charge >= 0.3 is 0 Å². The molecule has 1 atom stereocenters. The maximum atomic E-state index is 12.6. The molecule has 2 N–H and O–H groups in total. The first-order chi connectivity index (χ1) is 12.9. The summed E-state index contributed by atoms with van der Waals surface area (Å²) >= 11 is 0. The standard InChI is InChI=1S/C19H23N3O4S.ClH/c1-14-13-22(12-11-20-14)19(23)15-7-9-16(10-8-15)27(24,25)21-17-5-3-4-6-18(17)26-2;/h3-10,14,20-21H,11-13H2,1-2H3;1H. The number of halogens is 1. The van der Waals surface area contributed by atoms with Crippen molar-refractivity contribution in [3.05, 3.63) is 54.1 Å². The van der Waals surface area contributed by atoms with E-state index in [0.29, 0.717) is 30.1 Å². The number of anilines is 1. The summed E-state index contributed by atoms with van der Waals surface area (Å²) in [4.78, 5) is 14.5. The minimum absolute atomic E-state index is 0. The van der Waals surface area contributed by atoms with Gasteiger partial charge in [0.2, 0.25) is 0 Å². The van der Waals surface area contributed by atoms with E-state index in [1.54, 1.807) is 41.3 Å². The van der Waals surface area contributed by atoms with Crippen LogP contribution in [0.2, 0.25) is 0 Å². The number of amides is 1. The van der Waals surface area contributed by atoms with Crippen LogP contribution in [-0.4, -0.2) is 52.0 Å². The highest BCUT2D eigenvalue weighted by atomic mass is 35.5. The van der Waals surface area contributed by atoms with Crippen LogP contribution in [0, 0.1) is 0 Å². The summed E-state index contributed by atoms with van der Waals surface area (Å²) in [5.74, 6) is 0.339. The molecule has 1 aliphatic heterocycles. The van der Waals surface area contributed by atoms with Gasteiger partial charge in [0.05, 0.1) is 17.7 Å². The van der Waals surface area contributed by atoms with Gasteiger partial charge < -0.3 is 15.0 Å². The van der Waals surface area contributed by atoms with Crippen LogP contribution in [0.3, 0.4) is 0 Å². The van der Waals surface area contributed by atoms with Gasteiger partial charge in [0, 0.05) is 31.2 Å². The van der Waals surface area contributed by atoms with Crippen molar-refractivity contribution in [1.29, 1.82) is 0 Å². The number of hydrogen-bond donors (Lipinski definition) is 2. The molecule has 1 unspecified atom stereocenters. The summed E-state index contributed by atoms with van der Waals surface area (Å²) in [7, 11) is -2.31. The van der Waals surface area contributed by atoms with Crippen molar-refractivity contribution in [1.82, 2.24) is 10.2 Å². The second-order valence-corrected chi connectivity index (χ2v) is 8.12. The lowest BCUT2D eigenvalue weighted by Crippen LogP contribution is -2.51. The Morgan fingerprint density at radius 3 is 2.50 bits per heavy atom. The summed E-state index contributed by atoms with van der Waals surface area (Å²) in [5.41, 5.74) is 0.829. The third kappa shape index (κ3) is 4.95. The Morgan fingerprint density at radius 1 is 1.18 bits per heavy atom. The van der Waals surface area contributed by atoms with E-state index in [2.05, 4.69) is 10.0 Å². The van der Waals surface area contributed by atoms with E-state index in [4.69, 9.17) is 4.74 Å². The Labute approximate surface area is 171 Å². The van der Waals surface area contributed by atoms with Gasteiger partial charge in [0.1, 0.15) is 5.75 Å². The molecule has 0 bridgehead atoms. The Balaban J connectivity index is 0.00000280. The molecule has 0 aliphatic carbocycles. The van der Waals surface area contributed by atoms with Crippen LogP contribution in [0.25, 0.3) is 0 Å². The van der Waals surface area contributed by atoms with E-state index in [9.17, 15) is 13.2 Å². The van der Waals surface area contributed by atoms with Crippen LogP contribution in [0.4, 0.5) is 5.69 Å². The van der Waals surface area contributed by atoms with Crippen molar-refractivity contribution >= 4 is 34.0 Å². The quantitative estimate of drug-likeness (QED) is 0.767. The molecule has 152 valence electrons. The van der Waals surface area contributed by atoms with Crippen molar-refractivity contribution in [2.24, 2.45) is 0 Å². The molecule has 2 aromatic carbocycles. The molecular formula is C19H24ClN3O4S. The molecule has 0 spiro atoms. The lowest BCUT2D eigenvalue weighted by molar-refractivity contribution is 0.0709. The molecule has 0 radical (unpaired) electrons. The number of hydrogen-bond acceptors (Lipinski definition) is 5. The molecule has 0 aromatic heterocycles. The largest absolute Gasteiger partial charge is 0.495 e. The highest BCUT2D eigenvalue weighted by Gasteiger charge is 2.22. The van der Waals surface area contributed by atoms with Gasteiger partial charge in [-0.1, -0.05) is 12.1 Å². The monoisotopic (exact) mass is 425 g/mol. The predicted octanol–water partition coefficient (Wildman–Crippen LogP) is 2.35. The van der Waals surface area contributed by atoms with Gasteiger partial charge in [-0.25, -0.2) is 8.42 Å². The van der Waals surface area contributed by atoms with E-state index in [1.807, 2.05) is 6.92 Å². The molecule has 28 heavy (non-hydrogen) atoms. The number of nitrogens with zero attached hydrogens (tertiary/aromatic N) is 1. The Morgan fingerprint density at radius 2 is 1.86 bits per heavy atom. The fourth-order valence-corrected chi connectivity index (χ4v) is 4.08. The molecule has 0 saturated carbocycles. The van der Waals surface area contributed by atoms with Gasteiger partial charge in [-0.3, -0.25) is 9.52 Å². The minimum Gasteiger partial charge on any atom is -0.495 e. The van der Waals surface area contributed by atoms with Crippen LogP contribution in [-0.2, 0) is 10.0 Å². The maximum Gasteiger partial charge on any atom is 0.262 e. The predicted molar refractivity (Wildman–Crippen MR) is 111 cm³/mol. The Bertz CT molecular complexity index is 919. The first-order valence-electron chi connectivity index (χ1n) is 8.69. The number of para-hydroxylation sites is 2. The van der Waals surface area contributed by atoms with Gasteiger partial charge in [-0.05, 0) is 43.3 Å². The van der Waals surface area contributed by atoms with Gasteiger partial charge in [-0.15, -0.1) is 12.4 Å². The third-order valence-electron chi connectivity index (χ3n) is 4.42. The zero-order valence-electron chi connectivity index (χ0n) is 15.7. The SMILES string of the molecule is COc1ccccc1NS(=O)(=O)c1ccc(C(=O)N2CCNC(C)C2)cc1.Cl. The summed E-state index contributed by atoms with van der Waals surface area (Å²) in [5, 5.41) is 3.29. The fourth-order valence-electron chi connectivity index (χ4n) is 3.01. The van der Waals surface area contributed by atoms with E-state index in [-0.39, 0.29) is 29.3 Å². The lowest BCUT2D eigenvalue weighted by atomic mass is 10.1. The van der Waals surface area contributed by atoms with Crippen LogP contribution in [0.1, 0.15) is 17.3 Å². The second kappa shape index (κ2) is 9.27.